The lowest BCUT2D eigenvalue weighted by Crippen LogP contribution is -2.40. The number of ether oxygens (including phenoxy) is 1. The van der Waals surface area contributed by atoms with Crippen molar-refractivity contribution in [3.05, 3.63) is 44.4 Å². The molecule has 1 aliphatic rings. The van der Waals surface area contributed by atoms with Gasteiger partial charge >= 0.3 is 0 Å². The van der Waals surface area contributed by atoms with Crippen LogP contribution in [0.15, 0.2) is 12.1 Å². The summed E-state index contributed by atoms with van der Waals surface area (Å²) in [4.78, 5) is 0.591. The molecule has 0 spiro atoms. The van der Waals surface area contributed by atoms with Gasteiger partial charge in [0.2, 0.25) is 0 Å². The Morgan fingerprint density at radius 2 is 1.71 bits per heavy atom. The van der Waals surface area contributed by atoms with Crippen LogP contribution in [0.2, 0.25) is 10.0 Å². The van der Waals surface area contributed by atoms with Crippen molar-refractivity contribution < 1.29 is 14.9 Å². The van der Waals surface area contributed by atoms with E-state index in [1.807, 2.05) is 27.7 Å². The van der Waals surface area contributed by atoms with Gasteiger partial charge in [-0.15, -0.1) is 0 Å². The number of phenols is 2. The van der Waals surface area contributed by atoms with Crippen molar-refractivity contribution in [3.8, 4) is 17.2 Å². The Bertz CT molecular complexity index is 954. The number of phenolic OH excluding ortho intramolecular Hbond substituents is 2. The SMILES string of the molecule is Cc1c(C)c2c(c(C)c1O)CCC(C)(CC(=S)Nc1cc(Cl)c(O)c(Cl)c1)O2. The number of halogens is 2. The fourth-order valence-corrected chi connectivity index (χ4v) is 4.51. The third-order valence-electron chi connectivity index (χ3n) is 5.43. The van der Waals surface area contributed by atoms with E-state index in [1.165, 1.54) is 0 Å². The molecule has 0 saturated carbocycles. The van der Waals surface area contributed by atoms with E-state index in [0.29, 0.717) is 22.8 Å². The molecule has 150 valence electrons. The standard InChI is InChI=1S/C21H23Cl2NO3S/c1-10-11(2)20-14(12(3)18(10)25)5-6-21(4,27-20)9-17(28)24-13-7-15(22)19(26)16(23)8-13/h7-8,25-26H,5-6,9H2,1-4H3,(H,24,28). The summed E-state index contributed by atoms with van der Waals surface area (Å²) in [5.41, 5.74) is 3.89. The minimum absolute atomic E-state index is 0.150. The first kappa shape index (κ1) is 21.0. The first-order valence-corrected chi connectivity index (χ1v) is 10.2. The Hall–Kier alpha value is -1.69. The van der Waals surface area contributed by atoms with Gasteiger partial charge in [0.05, 0.1) is 15.0 Å². The Balaban J connectivity index is 1.80. The lowest BCUT2D eigenvalue weighted by atomic mass is 9.85. The number of hydrogen-bond donors (Lipinski definition) is 3. The van der Waals surface area contributed by atoms with Crippen LogP contribution in [0.3, 0.4) is 0 Å². The third kappa shape index (κ3) is 3.88. The Labute approximate surface area is 180 Å². The predicted octanol–water partition coefficient (Wildman–Crippen LogP) is 6.24. The third-order valence-corrected chi connectivity index (χ3v) is 6.25. The molecule has 2 aromatic carbocycles. The van der Waals surface area contributed by atoms with Crippen LogP contribution in [0, 0.1) is 20.8 Å². The van der Waals surface area contributed by atoms with Gasteiger partial charge in [-0.25, -0.2) is 0 Å². The van der Waals surface area contributed by atoms with E-state index in [1.54, 1.807) is 12.1 Å². The summed E-state index contributed by atoms with van der Waals surface area (Å²) >= 11 is 17.5. The van der Waals surface area contributed by atoms with Crippen LogP contribution >= 0.6 is 35.4 Å². The molecule has 0 fully saturated rings. The molecule has 0 saturated heterocycles. The quantitative estimate of drug-likeness (QED) is 0.389. The average molecular weight is 440 g/mol. The van der Waals surface area contributed by atoms with Crippen molar-refractivity contribution in [1.29, 1.82) is 0 Å². The first-order chi connectivity index (χ1) is 13.0. The summed E-state index contributed by atoms with van der Waals surface area (Å²) < 4.78 is 6.41. The molecular formula is C21H23Cl2NO3S. The maximum Gasteiger partial charge on any atom is 0.152 e. The molecule has 0 radical (unpaired) electrons. The molecule has 1 atom stereocenters. The molecule has 3 rings (SSSR count). The number of nitrogens with one attached hydrogen (secondary N) is 1. The van der Waals surface area contributed by atoms with Gasteiger partial charge in [0, 0.05) is 17.7 Å². The Morgan fingerprint density at radius 3 is 2.32 bits per heavy atom. The summed E-state index contributed by atoms with van der Waals surface area (Å²) in [6, 6.07) is 3.15. The molecule has 0 aromatic heterocycles. The van der Waals surface area contributed by atoms with Gasteiger partial charge in [0.25, 0.3) is 0 Å². The van der Waals surface area contributed by atoms with Crippen molar-refractivity contribution in [2.45, 2.75) is 52.6 Å². The minimum Gasteiger partial charge on any atom is -0.507 e. The Kier molecular flexibility index (Phi) is 5.72. The molecule has 0 bridgehead atoms. The first-order valence-electron chi connectivity index (χ1n) is 9.01. The molecule has 1 aliphatic heterocycles. The highest BCUT2D eigenvalue weighted by Crippen LogP contribution is 2.44. The molecular weight excluding hydrogens is 417 g/mol. The highest BCUT2D eigenvalue weighted by atomic mass is 35.5. The van der Waals surface area contributed by atoms with Gasteiger partial charge in [0.1, 0.15) is 17.1 Å². The molecule has 4 nitrogen and oxygen atoms in total. The molecule has 1 heterocycles. The van der Waals surface area contributed by atoms with Crippen LogP contribution in [0.4, 0.5) is 5.69 Å². The van der Waals surface area contributed by atoms with E-state index < -0.39 is 5.60 Å². The largest absolute Gasteiger partial charge is 0.507 e. The van der Waals surface area contributed by atoms with E-state index in [9.17, 15) is 10.2 Å². The second-order valence-corrected chi connectivity index (χ2v) is 8.90. The average Bonchev–Trinajstić information content (AvgIpc) is 2.62. The summed E-state index contributed by atoms with van der Waals surface area (Å²) in [7, 11) is 0. The molecule has 28 heavy (non-hydrogen) atoms. The zero-order valence-corrected chi connectivity index (χ0v) is 18.6. The zero-order valence-electron chi connectivity index (χ0n) is 16.2. The second kappa shape index (κ2) is 7.62. The predicted molar refractivity (Wildman–Crippen MR) is 119 cm³/mol. The molecule has 7 heteroatoms. The summed E-state index contributed by atoms with van der Waals surface area (Å²) in [6.45, 7) is 7.84. The highest BCUT2D eigenvalue weighted by molar-refractivity contribution is 7.80. The fourth-order valence-electron chi connectivity index (χ4n) is 3.60. The van der Waals surface area contributed by atoms with Gasteiger partial charge in [-0.2, -0.15) is 0 Å². The minimum atomic E-state index is -0.470. The van der Waals surface area contributed by atoms with E-state index in [4.69, 9.17) is 40.2 Å². The molecule has 0 aliphatic carbocycles. The zero-order chi connectivity index (χ0) is 20.8. The van der Waals surface area contributed by atoms with Crippen LogP contribution in [0.25, 0.3) is 0 Å². The summed E-state index contributed by atoms with van der Waals surface area (Å²) in [5, 5.41) is 23.5. The molecule has 2 aromatic rings. The number of hydrogen-bond acceptors (Lipinski definition) is 4. The van der Waals surface area contributed by atoms with Crippen LogP contribution in [-0.4, -0.2) is 20.8 Å². The number of rotatable bonds is 3. The lowest BCUT2D eigenvalue weighted by molar-refractivity contribution is 0.0716. The second-order valence-electron chi connectivity index (χ2n) is 7.60. The molecule has 1 unspecified atom stereocenters. The Morgan fingerprint density at radius 1 is 1.11 bits per heavy atom. The van der Waals surface area contributed by atoms with Crippen LogP contribution in [-0.2, 0) is 6.42 Å². The van der Waals surface area contributed by atoms with Gasteiger partial charge < -0.3 is 20.3 Å². The van der Waals surface area contributed by atoms with E-state index in [0.717, 1.165) is 40.8 Å². The summed E-state index contributed by atoms with van der Waals surface area (Å²) in [5.74, 6) is 1.05. The normalized spacial score (nSPS) is 18.4. The highest BCUT2D eigenvalue weighted by Gasteiger charge is 2.35. The van der Waals surface area contributed by atoms with Gasteiger partial charge in [-0.05, 0) is 69.4 Å². The number of anilines is 1. The van der Waals surface area contributed by atoms with Gasteiger partial charge in [-0.1, -0.05) is 35.4 Å². The van der Waals surface area contributed by atoms with Crippen molar-refractivity contribution in [2.24, 2.45) is 0 Å². The maximum absolute atomic E-state index is 10.3. The van der Waals surface area contributed by atoms with Crippen LogP contribution in [0.1, 0.15) is 42.0 Å². The number of benzene rings is 2. The van der Waals surface area contributed by atoms with Gasteiger partial charge in [0.15, 0.2) is 5.75 Å². The monoisotopic (exact) mass is 439 g/mol. The van der Waals surface area contributed by atoms with Crippen molar-refractivity contribution in [2.75, 3.05) is 5.32 Å². The summed E-state index contributed by atoms with van der Waals surface area (Å²) in [6.07, 6.45) is 2.10. The number of aromatic hydroxyl groups is 2. The number of thiocarbonyl (C=S) groups is 1. The van der Waals surface area contributed by atoms with Crippen molar-refractivity contribution in [1.82, 2.24) is 0 Å². The topological polar surface area (TPSA) is 61.7 Å². The van der Waals surface area contributed by atoms with E-state index in [-0.39, 0.29) is 15.8 Å². The van der Waals surface area contributed by atoms with Crippen LogP contribution in [0.5, 0.6) is 17.2 Å². The van der Waals surface area contributed by atoms with Gasteiger partial charge in [-0.3, -0.25) is 0 Å². The van der Waals surface area contributed by atoms with Crippen molar-refractivity contribution >= 4 is 46.1 Å². The lowest BCUT2D eigenvalue weighted by Gasteiger charge is -2.38. The molecule has 0 amide bonds. The van der Waals surface area contributed by atoms with E-state index in [2.05, 4.69) is 5.32 Å². The van der Waals surface area contributed by atoms with Crippen molar-refractivity contribution in [3.63, 3.8) is 0 Å². The number of fused-ring (bicyclic) bond motifs is 1. The van der Waals surface area contributed by atoms with E-state index >= 15 is 0 Å². The fraction of sp³-hybridized carbons (Fsp3) is 0.381. The maximum atomic E-state index is 10.3. The smallest absolute Gasteiger partial charge is 0.152 e. The van der Waals surface area contributed by atoms with Crippen LogP contribution < -0.4 is 10.1 Å². The molecule has 3 N–H and O–H groups in total.